The van der Waals surface area contributed by atoms with Crippen LogP contribution in [0.3, 0.4) is 0 Å². The normalized spacial score (nSPS) is 10.3. The minimum Gasteiger partial charge on any atom is -0.496 e. The number of hydrogen-bond acceptors (Lipinski definition) is 4. The van der Waals surface area contributed by atoms with Crippen LogP contribution in [0.1, 0.15) is 5.01 Å². The van der Waals surface area contributed by atoms with E-state index in [-0.39, 0.29) is 0 Å². The van der Waals surface area contributed by atoms with E-state index in [4.69, 9.17) is 16.3 Å². The predicted molar refractivity (Wildman–Crippen MR) is 61.5 cm³/mol. The number of hydrogen-bond donors (Lipinski definition) is 0. The molecule has 0 radical (unpaired) electrons. The van der Waals surface area contributed by atoms with Gasteiger partial charge in [0.15, 0.2) is 5.01 Å². The highest BCUT2D eigenvalue weighted by molar-refractivity contribution is 7.14. The summed E-state index contributed by atoms with van der Waals surface area (Å²) in [6.45, 7) is 0. The summed E-state index contributed by atoms with van der Waals surface area (Å²) in [5.41, 5.74) is 0.953. The molecule has 2 rings (SSSR count). The molecule has 0 fully saturated rings. The van der Waals surface area contributed by atoms with Crippen molar-refractivity contribution in [1.29, 1.82) is 0 Å². The predicted octanol–water partition coefficient (Wildman–Crippen LogP) is 2.95. The van der Waals surface area contributed by atoms with Crippen molar-refractivity contribution in [3.8, 4) is 16.3 Å². The number of nitrogens with zero attached hydrogens (tertiary/aromatic N) is 2. The Kier molecular flexibility index (Phi) is 3.18. The smallest absolute Gasteiger partial charge is 0.151 e. The van der Waals surface area contributed by atoms with Crippen LogP contribution in [0, 0.1) is 0 Å². The van der Waals surface area contributed by atoms with Crippen molar-refractivity contribution in [1.82, 2.24) is 10.2 Å². The molecule has 0 bridgehead atoms. The van der Waals surface area contributed by atoms with Crippen molar-refractivity contribution in [3.63, 3.8) is 0 Å². The lowest BCUT2D eigenvalue weighted by Crippen LogP contribution is -1.86. The molecule has 0 saturated carbocycles. The highest BCUT2D eigenvalue weighted by Crippen LogP contribution is 2.31. The molecule has 0 aliphatic rings. The highest BCUT2D eigenvalue weighted by atomic mass is 35.5. The number of alkyl halides is 1. The largest absolute Gasteiger partial charge is 0.496 e. The molecule has 0 unspecified atom stereocenters. The van der Waals surface area contributed by atoms with E-state index in [0.29, 0.717) is 5.88 Å². The molecule has 0 saturated heterocycles. The zero-order valence-electron chi connectivity index (χ0n) is 8.11. The molecule has 3 nitrogen and oxygen atoms in total. The van der Waals surface area contributed by atoms with Crippen molar-refractivity contribution in [2.75, 3.05) is 7.11 Å². The number of benzene rings is 1. The van der Waals surface area contributed by atoms with Crippen LogP contribution >= 0.6 is 22.9 Å². The van der Waals surface area contributed by atoms with Crippen LogP contribution in [0.5, 0.6) is 5.75 Å². The van der Waals surface area contributed by atoms with Crippen molar-refractivity contribution in [2.45, 2.75) is 5.88 Å². The second kappa shape index (κ2) is 4.59. The number of para-hydroxylation sites is 1. The van der Waals surface area contributed by atoms with Gasteiger partial charge in [0.1, 0.15) is 10.8 Å². The fraction of sp³-hybridized carbons (Fsp3) is 0.200. The maximum atomic E-state index is 5.68. The third-order valence-corrected chi connectivity index (χ3v) is 3.29. The summed E-state index contributed by atoms with van der Waals surface area (Å²) in [5.74, 6) is 1.20. The van der Waals surface area contributed by atoms with Gasteiger partial charge in [0.2, 0.25) is 0 Å². The quantitative estimate of drug-likeness (QED) is 0.774. The van der Waals surface area contributed by atoms with Gasteiger partial charge in [0.25, 0.3) is 0 Å². The number of rotatable bonds is 3. The Morgan fingerprint density at radius 1 is 1.33 bits per heavy atom. The fourth-order valence-corrected chi connectivity index (χ4v) is 2.17. The highest BCUT2D eigenvalue weighted by Gasteiger charge is 2.10. The van der Waals surface area contributed by atoms with Crippen molar-refractivity contribution in [3.05, 3.63) is 29.3 Å². The Balaban J connectivity index is 2.44. The van der Waals surface area contributed by atoms with Crippen LogP contribution < -0.4 is 4.74 Å². The summed E-state index contributed by atoms with van der Waals surface area (Å²) in [6, 6.07) is 7.72. The molecule has 2 aromatic rings. The molecular formula is C10H9ClN2OS. The number of aromatic nitrogens is 2. The summed E-state index contributed by atoms with van der Waals surface area (Å²) in [7, 11) is 1.64. The first-order chi connectivity index (χ1) is 7.35. The van der Waals surface area contributed by atoms with Gasteiger partial charge in [0.05, 0.1) is 18.6 Å². The third-order valence-electron chi connectivity index (χ3n) is 1.92. The van der Waals surface area contributed by atoms with Gasteiger partial charge in [-0.3, -0.25) is 0 Å². The second-order valence-electron chi connectivity index (χ2n) is 2.83. The first kappa shape index (κ1) is 10.4. The SMILES string of the molecule is COc1ccccc1-c1nnc(CCl)s1. The van der Waals surface area contributed by atoms with E-state index in [0.717, 1.165) is 21.3 Å². The first-order valence-corrected chi connectivity index (χ1v) is 5.72. The van der Waals surface area contributed by atoms with Crippen LogP contribution in [-0.2, 0) is 5.88 Å². The molecule has 0 aliphatic carbocycles. The Morgan fingerprint density at radius 3 is 2.80 bits per heavy atom. The number of halogens is 1. The molecule has 1 heterocycles. The molecule has 0 atom stereocenters. The van der Waals surface area contributed by atoms with Gasteiger partial charge in [-0.25, -0.2) is 0 Å². The average molecular weight is 241 g/mol. The van der Waals surface area contributed by atoms with Gasteiger partial charge >= 0.3 is 0 Å². The Bertz CT molecular complexity index is 458. The Labute approximate surface area is 96.7 Å². The van der Waals surface area contributed by atoms with Gasteiger partial charge in [-0.1, -0.05) is 23.5 Å². The maximum absolute atomic E-state index is 5.68. The first-order valence-electron chi connectivity index (χ1n) is 4.37. The van der Waals surface area contributed by atoms with Gasteiger partial charge in [-0.05, 0) is 12.1 Å². The van der Waals surface area contributed by atoms with Crippen molar-refractivity contribution in [2.24, 2.45) is 0 Å². The summed E-state index contributed by atoms with van der Waals surface area (Å²) in [5, 5.41) is 9.69. The summed E-state index contributed by atoms with van der Waals surface area (Å²) < 4.78 is 5.25. The standard InChI is InChI=1S/C10H9ClN2OS/c1-14-8-5-3-2-4-7(8)10-13-12-9(6-11)15-10/h2-5H,6H2,1H3. The second-order valence-corrected chi connectivity index (χ2v) is 4.16. The van der Waals surface area contributed by atoms with Gasteiger partial charge < -0.3 is 4.74 Å². The molecule has 0 spiro atoms. The maximum Gasteiger partial charge on any atom is 0.151 e. The topological polar surface area (TPSA) is 35.0 Å². The van der Waals surface area contributed by atoms with Gasteiger partial charge in [-0.2, -0.15) is 0 Å². The molecule has 0 amide bonds. The lowest BCUT2D eigenvalue weighted by Gasteiger charge is -2.03. The minimum atomic E-state index is 0.396. The zero-order valence-corrected chi connectivity index (χ0v) is 9.68. The van der Waals surface area contributed by atoms with Crippen LogP contribution in [0.4, 0.5) is 0 Å². The van der Waals surface area contributed by atoms with Crippen molar-refractivity contribution >= 4 is 22.9 Å². The minimum absolute atomic E-state index is 0.396. The average Bonchev–Trinajstić information content (AvgIpc) is 2.77. The van der Waals surface area contributed by atoms with E-state index < -0.39 is 0 Å². The monoisotopic (exact) mass is 240 g/mol. The van der Waals surface area contributed by atoms with Gasteiger partial charge in [-0.15, -0.1) is 21.8 Å². The van der Waals surface area contributed by atoms with E-state index >= 15 is 0 Å². The van der Waals surface area contributed by atoms with Crippen LogP contribution in [0.2, 0.25) is 0 Å². The zero-order chi connectivity index (χ0) is 10.7. The van der Waals surface area contributed by atoms with Crippen LogP contribution in [0.15, 0.2) is 24.3 Å². The van der Waals surface area contributed by atoms with Gasteiger partial charge in [0, 0.05) is 0 Å². The van der Waals surface area contributed by atoms with E-state index in [9.17, 15) is 0 Å². The molecule has 15 heavy (non-hydrogen) atoms. The molecular weight excluding hydrogens is 232 g/mol. The number of methoxy groups -OCH3 is 1. The molecule has 0 N–H and O–H groups in total. The summed E-state index contributed by atoms with van der Waals surface area (Å²) in [6.07, 6.45) is 0. The van der Waals surface area contributed by atoms with E-state index in [1.165, 1.54) is 11.3 Å². The van der Waals surface area contributed by atoms with Crippen LogP contribution in [0.25, 0.3) is 10.6 Å². The molecule has 0 aliphatic heterocycles. The molecule has 5 heteroatoms. The molecule has 1 aromatic heterocycles. The lowest BCUT2D eigenvalue weighted by molar-refractivity contribution is 0.416. The third kappa shape index (κ3) is 2.11. The Morgan fingerprint density at radius 2 is 2.13 bits per heavy atom. The number of ether oxygens (including phenoxy) is 1. The van der Waals surface area contributed by atoms with E-state index in [1.807, 2.05) is 24.3 Å². The van der Waals surface area contributed by atoms with E-state index in [1.54, 1.807) is 7.11 Å². The summed E-state index contributed by atoms with van der Waals surface area (Å²) in [4.78, 5) is 0. The van der Waals surface area contributed by atoms with Crippen molar-refractivity contribution < 1.29 is 4.74 Å². The van der Waals surface area contributed by atoms with E-state index in [2.05, 4.69) is 10.2 Å². The van der Waals surface area contributed by atoms with Crippen LogP contribution in [-0.4, -0.2) is 17.3 Å². The summed E-state index contributed by atoms with van der Waals surface area (Å²) >= 11 is 7.16. The molecule has 78 valence electrons. The Hall–Kier alpha value is -1.13. The molecule has 1 aromatic carbocycles. The lowest BCUT2D eigenvalue weighted by atomic mass is 10.2. The fourth-order valence-electron chi connectivity index (χ4n) is 1.24.